The maximum atomic E-state index is 12.8. The summed E-state index contributed by atoms with van der Waals surface area (Å²) in [6.07, 6.45) is -3.93. The maximum absolute atomic E-state index is 12.8. The third-order valence-electron chi connectivity index (χ3n) is 4.52. The molecule has 11 heteroatoms. The number of nitrogens with one attached hydrogen (secondary N) is 2. The molecule has 0 atom stereocenters. The van der Waals surface area contributed by atoms with Crippen LogP contribution in [0.5, 0.6) is 0 Å². The van der Waals surface area contributed by atoms with Crippen molar-refractivity contribution in [3.05, 3.63) is 53.6 Å². The van der Waals surface area contributed by atoms with E-state index in [1.165, 1.54) is 31.3 Å². The average Bonchev–Trinajstić information content (AvgIpc) is 2.66. The average molecular weight is 441 g/mol. The molecule has 30 heavy (non-hydrogen) atoms. The van der Waals surface area contributed by atoms with Gasteiger partial charge in [0.15, 0.2) is 0 Å². The van der Waals surface area contributed by atoms with Gasteiger partial charge in [-0.25, -0.2) is 8.42 Å². The number of likely N-dealkylation sites (N-methyl/N-ethyl adjacent to an activating group) is 1. The Morgan fingerprint density at radius 3 is 2.60 bits per heavy atom. The van der Waals surface area contributed by atoms with Gasteiger partial charge in [-0.1, -0.05) is 6.07 Å². The van der Waals surface area contributed by atoms with Crippen LogP contribution in [0.1, 0.15) is 17.5 Å². The molecule has 2 N–H and O–H groups in total. The summed E-state index contributed by atoms with van der Waals surface area (Å²) in [6, 6.07) is 8.29. The van der Waals surface area contributed by atoms with E-state index < -0.39 is 34.2 Å². The minimum absolute atomic E-state index is 0.0493. The molecular formula is C19H18F3N3O4S. The van der Waals surface area contributed by atoms with Crippen molar-refractivity contribution in [2.45, 2.75) is 23.9 Å². The van der Waals surface area contributed by atoms with E-state index in [0.717, 1.165) is 22.5 Å². The van der Waals surface area contributed by atoms with E-state index in [-0.39, 0.29) is 22.9 Å². The van der Waals surface area contributed by atoms with E-state index in [1.54, 1.807) is 0 Å². The first-order chi connectivity index (χ1) is 14.0. The van der Waals surface area contributed by atoms with Crippen molar-refractivity contribution in [1.82, 2.24) is 4.31 Å². The number of hydrogen-bond acceptors (Lipinski definition) is 4. The number of hydrogen-bond donors (Lipinski definition) is 2. The number of anilines is 2. The number of nitrogens with zero attached hydrogens (tertiary/aromatic N) is 1. The highest BCUT2D eigenvalue weighted by Crippen LogP contribution is 2.31. The van der Waals surface area contributed by atoms with E-state index >= 15 is 0 Å². The second kappa shape index (κ2) is 8.07. The second-order valence-corrected chi connectivity index (χ2v) is 8.80. The smallest absolute Gasteiger partial charge is 0.326 e. The van der Waals surface area contributed by atoms with Gasteiger partial charge in [-0.05, 0) is 48.4 Å². The molecule has 7 nitrogen and oxygen atoms in total. The predicted octanol–water partition coefficient (Wildman–Crippen LogP) is 2.85. The molecule has 0 spiro atoms. The molecule has 1 heterocycles. The van der Waals surface area contributed by atoms with Gasteiger partial charge in [0.05, 0.1) is 17.0 Å². The second-order valence-electron chi connectivity index (χ2n) is 6.75. The van der Waals surface area contributed by atoms with Crippen LogP contribution in [0.4, 0.5) is 24.5 Å². The van der Waals surface area contributed by atoms with Crippen molar-refractivity contribution in [2.24, 2.45) is 0 Å². The zero-order valence-corrected chi connectivity index (χ0v) is 16.6. The van der Waals surface area contributed by atoms with Crippen LogP contribution in [-0.4, -0.2) is 38.1 Å². The molecule has 0 aliphatic carbocycles. The molecule has 1 aliphatic rings. The van der Waals surface area contributed by atoms with Crippen LogP contribution in [0.25, 0.3) is 0 Å². The number of aryl methyl sites for hydroxylation is 1. The Morgan fingerprint density at radius 1 is 1.17 bits per heavy atom. The summed E-state index contributed by atoms with van der Waals surface area (Å²) < 4.78 is 64.7. The Labute approximate surface area is 170 Å². The lowest BCUT2D eigenvalue weighted by molar-refractivity contribution is -0.137. The van der Waals surface area contributed by atoms with Crippen molar-refractivity contribution >= 4 is 33.2 Å². The van der Waals surface area contributed by atoms with E-state index in [9.17, 15) is 31.2 Å². The number of benzene rings is 2. The Hall–Kier alpha value is -2.92. The third kappa shape index (κ3) is 4.79. The van der Waals surface area contributed by atoms with Crippen LogP contribution in [0.15, 0.2) is 47.4 Å². The molecule has 0 bridgehead atoms. The van der Waals surface area contributed by atoms with Crippen molar-refractivity contribution in [2.75, 3.05) is 24.2 Å². The molecule has 2 aromatic carbocycles. The zero-order chi connectivity index (χ0) is 22.1. The standard InChI is InChI=1S/C19H18F3N3O4S/c1-25(11-18(27)23-14-4-2-3-13(10-14)19(20,21)22)30(28,29)15-6-7-16-12(9-15)5-8-17(26)24-16/h2-4,6-7,9-10H,5,8,11H2,1H3,(H,23,27)(H,24,26). The minimum atomic E-state index is -4.56. The first-order valence-electron chi connectivity index (χ1n) is 8.83. The highest BCUT2D eigenvalue weighted by molar-refractivity contribution is 7.89. The molecule has 3 rings (SSSR count). The molecule has 0 unspecified atom stereocenters. The number of halogens is 3. The number of sulfonamides is 1. The Morgan fingerprint density at radius 2 is 1.90 bits per heavy atom. The maximum Gasteiger partial charge on any atom is 0.416 e. The fraction of sp³-hybridized carbons (Fsp3) is 0.263. The molecule has 0 saturated carbocycles. The largest absolute Gasteiger partial charge is 0.416 e. The summed E-state index contributed by atoms with van der Waals surface area (Å²) in [7, 11) is -2.83. The van der Waals surface area contributed by atoms with Gasteiger partial charge >= 0.3 is 6.18 Å². The van der Waals surface area contributed by atoms with E-state index in [2.05, 4.69) is 10.6 Å². The number of alkyl halides is 3. The van der Waals surface area contributed by atoms with Crippen LogP contribution >= 0.6 is 0 Å². The first-order valence-corrected chi connectivity index (χ1v) is 10.3. The summed E-state index contributed by atoms with van der Waals surface area (Å²) in [6.45, 7) is -0.591. The van der Waals surface area contributed by atoms with Crippen molar-refractivity contribution in [3.63, 3.8) is 0 Å². The van der Waals surface area contributed by atoms with Crippen LogP contribution in [0.2, 0.25) is 0 Å². The minimum Gasteiger partial charge on any atom is -0.326 e. The van der Waals surface area contributed by atoms with Gasteiger partial charge in [-0.2, -0.15) is 17.5 Å². The summed E-state index contributed by atoms with van der Waals surface area (Å²) in [5.41, 5.74) is 0.181. The van der Waals surface area contributed by atoms with Crippen LogP contribution in [0.3, 0.4) is 0 Å². The van der Waals surface area contributed by atoms with E-state index in [4.69, 9.17) is 0 Å². The fourth-order valence-electron chi connectivity index (χ4n) is 2.96. The Balaban J connectivity index is 1.71. The molecule has 0 saturated heterocycles. The molecule has 2 aromatic rings. The lowest BCUT2D eigenvalue weighted by atomic mass is 10.0. The molecule has 160 valence electrons. The number of rotatable bonds is 5. The molecule has 2 amide bonds. The topological polar surface area (TPSA) is 95.6 Å². The van der Waals surface area contributed by atoms with Crippen LogP contribution < -0.4 is 10.6 Å². The summed E-state index contributed by atoms with van der Waals surface area (Å²) in [5.74, 6) is -0.938. The number of carbonyl (C=O) groups excluding carboxylic acids is 2. The molecule has 0 aromatic heterocycles. The quantitative estimate of drug-likeness (QED) is 0.746. The third-order valence-corrected chi connectivity index (χ3v) is 6.32. The molecule has 0 fully saturated rings. The van der Waals surface area contributed by atoms with Crippen LogP contribution in [0, 0.1) is 0 Å². The summed E-state index contributed by atoms with van der Waals surface area (Å²) in [5, 5.41) is 4.92. The number of amides is 2. The highest BCUT2D eigenvalue weighted by atomic mass is 32.2. The SMILES string of the molecule is CN(CC(=O)Nc1cccc(C(F)(F)F)c1)S(=O)(=O)c1ccc2c(c1)CCC(=O)N2. The summed E-state index contributed by atoms with van der Waals surface area (Å²) >= 11 is 0. The van der Waals surface area contributed by atoms with Gasteiger partial charge in [0.25, 0.3) is 0 Å². The van der Waals surface area contributed by atoms with Gasteiger partial charge in [0.1, 0.15) is 0 Å². The number of carbonyl (C=O) groups is 2. The van der Waals surface area contributed by atoms with Crippen molar-refractivity contribution in [3.8, 4) is 0 Å². The molecule has 0 radical (unpaired) electrons. The fourth-order valence-corrected chi connectivity index (χ4v) is 4.14. The Bertz CT molecular complexity index is 1100. The van der Waals surface area contributed by atoms with Gasteiger partial charge in [0, 0.05) is 24.8 Å². The lowest BCUT2D eigenvalue weighted by Crippen LogP contribution is -2.35. The van der Waals surface area contributed by atoms with Crippen LogP contribution in [-0.2, 0) is 32.2 Å². The molecule has 1 aliphatic heterocycles. The normalized spacial score (nSPS) is 14.2. The van der Waals surface area contributed by atoms with E-state index in [1.807, 2.05) is 0 Å². The van der Waals surface area contributed by atoms with E-state index in [0.29, 0.717) is 17.7 Å². The van der Waals surface area contributed by atoms with Gasteiger partial charge in [-0.15, -0.1) is 0 Å². The number of fused-ring (bicyclic) bond motifs is 1. The monoisotopic (exact) mass is 441 g/mol. The first kappa shape index (κ1) is 21.8. The zero-order valence-electron chi connectivity index (χ0n) is 15.8. The van der Waals surface area contributed by atoms with Gasteiger partial charge in [0.2, 0.25) is 21.8 Å². The predicted molar refractivity (Wildman–Crippen MR) is 103 cm³/mol. The van der Waals surface area contributed by atoms with Gasteiger partial charge < -0.3 is 10.6 Å². The molecular weight excluding hydrogens is 423 g/mol. The summed E-state index contributed by atoms with van der Waals surface area (Å²) in [4.78, 5) is 23.6. The highest BCUT2D eigenvalue weighted by Gasteiger charge is 2.31. The van der Waals surface area contributed by atoms with Crippen molar-refractivity contribution < 1.29 is 31.2 Å². The Kier molecular flexibility index (Phi) is 5.86. The van der Waals surface area contributed by atoms with Crippen molar-refractivity contribution in [1.29, 1.82) is 0 Å². The van der Waals surface area contributed by atoms with Gasteiger partial charge in [-0.3, -0.25) is 9.59 Å². The lowest BCUT2D eigenvalue weighted by Gasteiger charge is -2.20.